The zero-order chi connectivity index (χ0) is 77.1. The highest BCUT2D eigenvalue weighted by molar-refractivity contribution is 5.97. The lowest BCUT2D eigenvalue weighted by atomic mass is 10.1. The van der Waals surface area contributed by atoms with Gasteiger partial charge in [0.1, 0.15) is 29.0 Å². The number of rotatable bonds is 12. The number of nitrogens with zero attached hydrogens (tertiary/aromatic N) is 16. The third-order valence-corrected chi connectivity index (χ3v) is 19.6. The molecule has 0 bridgehead atoms. The molecule has 21 aromatic rings. The van der Waals surface area contributed by atoms with Gasteiger partial charge in [-0.3, -0.25) is 39.6 Å². The Labute approximate surface area is 642 Å². The molecule has 0 aliphatic heterocycles. The maximum absolute atomic E-state index is 13.2. The summed E-state index contributed by atoms with van der Waals surface area (Å²) in [7, 11) is 0. The van der Waals surface area contributed by atoms with E-state index in [0.29, 0.717) is 125 Å². The van der Waals surface area contributed by atoms with Crippen molar-refractivity contribution in [3.8, 4) is 22.7 Å². The summed E-state index contributed by atoms with van der Waals surface area (Å²) in [5.41, 5.74) is 9.82. The highest BCUT2D eigenvalue weighted by Crippen LogP contribution is 2.40. The summed E-state index contributed by atoms with van der Waals surface area (Å²) >= 11 is 0. The maximum Gasteiger partial charge on any atom is 0.267 e. The average molecular weight is 1500 g/mol. The van der Waals surface area contributed by atoms with Gasteiger partial charge in [0.25, 0.3) is 22.2 Å². The normalized spacial score (nSPS) is 12.1. The first-order valence-electron chi connectivity index (χ1n) is 36.6. The number of hydrogen-bond acceptors (Lipinski definition) is 21. The van der Waals surface area contributed by atoms with Crippen LogP contribution < -0.4 is 43.5 Å². The number of hydrogen-bond donors (Lipinski definition) is 8. The van der Waals surface area contributed by atoms with Gasteiger partial charge in [-0.15, -0.1) is 0 Å². The molecule has 22 rings (SSSR count). The molecule has 8 aromatic carbocycles. The van der Waals surface area contributed by atoms with Gasteiger partial charge in [0.2, 0.25) is 23.1 Å². The van der Waals surface area contributed by atoms with E-state index in [1.54, 1.807) is 43.7 Å². The quantitative estimate of drug-likeness (QED) is 0.0416. The summed E-state index contributed by atoms with van der Waals surface area (Å²) < 4.78 is 11.6. The maximum atomic E-state index is 13.2. The third-order valence-electron chi connectivity index (χ3n) is 19.6. The van der Waals surface area contributed by atoms with E-state index < -0.39 is 0 Å². The second kappa shape index (κ2) is 28.6. The predicted octanol–water partition coefficient (Wildman–Crippen LogP) is 15.5. The van der Waals surface area contributed by atoms with E-state index in [0.717, 1.165) is 72.6 Å². The Morgan fingerprint density at radius 3 is 1.19 bits per heavy atom. The van der Waals surface area contributed by atoms with E-state index in [1.165, 1.54) is 17.2 Å². The van der Waals surface area contributed by atoms with Crippen LogP contribution in [0.2, 0.25) is 0 Å². The molecule has 1 aliphatic carbocycles. The van der Waals surface area contributed by atoms with Crippen molar-refractivity contribution >= 4 is 146 Å². The van der Waals surface area contributed by atoms with Crippen LogP contribution in [-0.2, 0) is 0 Å². The number of furan rings is 1. The number of fused-ring (bicyclic) bond motifs is 14. The number of benzene rings is 8. The number of aryl methyl sites for hydroxylation is 1. The Hall–Kier alpha value is -15.9. The van der Waals surface area contributed by atoms with Crippen molar-refractivity contribution in [3.63, 3.8) is 0 Å². The highest BCUT2D eigenvalue weighted by atomic mass is 16.3. The van der Waals surface area contributed by atoms with Gasteiger partial charge < -0.3 is 25.7 Å². The van der Waals surface area contributed by atoms with Crippen LogP contribution in [0.5, 0.6) is 0 Å². The summed E-state index contributed by atoms with van der Waals surface area (Å²) in [5, 5.41) is 47.1. The molecule has 0 saturated heterocycles. The molecule has 0 atom stereocenters. The molecule has 13 heterocycles. The lowest BCUT2D eigenvalue weighted by Crippen LogP contribution is -2.19. The van der Waals surface area contributed by atoms with E-state index in [2.05, 4.69) is 116 Å². The van der Waals surface area contributed by atoms with Crippen molar-refractivity contribution in [2.45, 2.75) is 45.4 Å². The second-order valence-electron chi connectivity index (χ2n) is 27.5. The SMILES string of the molecule is CC(C)c1cc(Nc2nc3nc4ccccc4c(=O)n3c3ccccc23)n[nH]1.Cc1cc(Nc2cc(C3CC3)[nH]n2)nc2nc3ccccc3c(=O)n12.O=c1c2ccccc2nc2nc(Nc3cc(-c4ccccc4)[nH]n3)c3ccccc3n12.O=c1c2ccccc2nc2nc(Nc3cc(-c4ccco4)[nH]n3)c3ccccc3n12. The van der Waals surface area contributed by atoms with Crippen molar-refractivity contribution in [3.05, 3.63) is 307 Å². The molecule has 29 heteroatoms. The number of nitrogens with one attached hydrogen (secondary N) is 8. The number of aromatic amines is 4. The summed E-state index contributed by atoms with van der Waals surface area (Å²) in [6.45, 7) is 6.07. The van der Waals surface area contributed by atoms with Gasteiger partial charge in [-0.05, 0) is 128 Å². The Kier molecular flexibility index (Phi) is 17.2. The topological polar surface area (TPSA) is 365 Å². The first kappa shape index (κ1) is 68.6. The van der Waals surface area contributed by atoms with Crippen molar-refractivity contribution in [2.75, 3.05) is 21.3 Å². The smallest absolute Gasteiger partial charge is 0.267 e. The number of H-pyrrole nitrogens is 4. The van der Waals surface area contributed by atoms with Crippen LogP contribution >= 0.6 is 0 Å². The van der Waals surface area contributed by atoms with Crippen LogP contribution in [0.25, 0.3) is 122 Å². The van der Waals surface area contributed by atoms with Crippen LogP contribution in [0.3, 0.4) is 0 Å². The monoisotopic (exact) mass is 1500 g/mol. The number of aromatic nitrogens is 20. The molecule has 13 aromatic heterocycles. The molecule has 8 N–H and O–H groups in total. The molecule has 1 fully saturated rings. The first-order chi connectivity index (χ1) is 55.9. The molecule has 0 unspecified atom stereocenters. The van der Waals surface area contributed by atoms with Crippen LogP contribution in [0.15, 0.2) is 273 Å². The summed E-state index contributed by atoms with van der Waals surface area (Å²) in [4.78, 5) is 89.0. The fourth-order valence-electron chi connectivity index (χ4n) is 13.9. The number of para-hydroxylation sites is 7. The van der Waals surface area contributed by atoms with Gasteiger partial charge >= 0.3 is 0 Å². The highest BCUT2D eigenvalue weighted by Gasteiger charge is 2.26. The molecule has 0 amide bonds. The molecule has 554 valence electrons. The van der Waals surface area contributed by atoms with Gasteiger partial charge in [0.15, 0.2) is 29.0 Å². The van der Waals surface area contributed by atoms with E-state index in [4.69, 9.17) is 4.42 Å². The molecule has 29 nitrogen and oxygen atoms in total. The second-order valence-corrected chi connectivity index (χ2v) is 27.5. The summed E-state index contributed by atoms with van der Waals surface area (Å²) in [6.07, 6.45) is 4.04. The van der Waals surface area contributed by atoms with Gasteiger partial charge in [-0.1, -0.05) is 129 Å². The molecular formula is C85H64N24O5. The van der Waals surface area contributed by atoms with Gasteiger partial charge in [0, 0.05) is 69.5 Å². The van der Waals surface area contributed by atoms with Crippen molar-refractivity contribution in [2.24, 2.45) is 0 Å². The zero-order valence-electron chi connectivity index (χ0n) is 60.9. The Morgan fingerprint density at radius 2 is 0.746 bits per heavy atom. The van der Waals surface area contributed by atoms with Crippen LogP contribution in [0.4, 0.5) is 46.5 Å². The Bertz CT molecular complexity index is 7590. The molecule has 1 aliphatic rings. The van der Waals surface area contributed by atoms with Gasteiger partial charge in [-0.25, -0.2) is 37.5 Å². The number of anilines is 8. The summed E-state index contributed by atoms with van der Waals surface area (Å²) in [6, 6.07) is 75.3. The fraction of sp³-hybridized carbons (Fsp3) is 0.0824. The largest absolute Gasteiger partial charge is 0.463 e. The average Bonchev–Trinajstić information content (AvgIpc) is 0.767. The molecule has 1 saturated carbocycles. The molecule has 0 spiro atoms. The van der Waals surface area contributed by atoms with E-state index in [9.17, 15) is 19.2 Å². The Balaban J connectivity index is 0.000000102. The van der Waals surface area contributed by atoms with Gasteiger partial charge in [0.05, 0.1) is 72.1 Å². The van der Waals surface area contributed by atoms with Crippen LogP contribution in [-0.4, -0.2) is 98.3 Å². The molecular weight excluding hydrogens is 1440 g/mol. The minimum absolute atomic E-state index is 0.104. The zero-order valence-corrected chi connectivity index (χ0v) is 60.9. The summed E-state index contributed by atoms with van der Waals surface area (Å²) in [5.74, 6) is 8.01. The van der Waals surface area contributed by atoms with E-state index >= 15 is 0 Å². The van der Waals surface area contributed by atoms with Crippen molar-refractivity contribution < 1.29 is 4.42 Å². The lowest BCUT2D eigenvalue weighted by molar-refractivity contribution is 0.580. The van der Waals surface area contributed by atoms with Crippen molar-refractivity contribution in [1.82, 2.24) is 98.3 Å². The van der Waals surface area contributed by atoms with Gasteiger partial charge in [-0.2, -0.15) is 40.3 Å². The van der Waals surface area contributed by atoms with Crippen molar-refractivity contribution in [1.29, 1.82) is 0 Å². The minimum Gasteiger partial charge on any atom is -0.463 e. The first-order valence-corrected chi connectivity index (χ1v) is 36.6. The van der Waals surface area contributed by atoms with Crippen LogP contribution in [0.1, 0.15) is 55.6 Å². The standard InChI is InChI=1S/C24H16N6O.C22H14N6O2.C21H18N6O.C18H16N6O/c31-23-16-10-4-6-12-18(16)25-24-27-22(17-11-5-7-13-20(17)30(23)24)26-21-14-19(28-29-21)15-8-2-1-3-9-15;29-21-13-6-1-3-8-15(13)23-22-25-20(14-7-2-4-9-17(14)28(21)22)24-19-12-16(26-27-19)18-10-5-11-30-18;1-12(2)16-11-18(26-25-16)23-19-14-8-4-6-10-17(14)27-20(28)13-7-3-5-9-15(13)22-21(27)24-19;1-10-8-15(20-16-9-14(22-23-16)11-6-7-11)21-18-19-13-5-3-2-4-12(13)17(25)24(10)18/h1-14H,(H2,25,26,27,28,29);1-12H,(H2,23,24,25,26,27);3-12H,1-2H3,(H2,22,23,24,25,26);2-5,8-9,11H,6-7H2,1H3,(H2,19,20,21,22,23). The molecule has 114 heavy (non-hydrogen) atoms. The fourth-order valence-corrected chi connectivity index (χ4v) is 13.9. The molecule has 0 radical (unpaired) electrons. The third kappa shape index (κ3) is 12.9. The Morgan fingerprint density at radius 1 is 0.360 bits per heavy atom. The van der Waals surface area contributed by atoms with E-state index in [1.807, 2.05) is 225 Å². The minimum atomic E-state index is -0.147. The van der Waals surface area contributed by atoms with Crippen LogP contribution in [0, 0.1) is 6.92 Å². The predicted molar refractivity (Wildman–Crippen MR) is 441 cm³/mol. The lowest BCUT2D eigenvalue weighted by Gasteiger charge is -2.11. The van der Waals surface area contributed by atoms with E-state index in [-0.39, 0.29) is 22.2 Å².